The maximum Gasteiger partial charge on any atom is 0.195 e. The first-order valence-corrected chi connectivity index (χ1v) is 11.8. The average Bonchev–Trinajstić information content (AvgIpc) is 3.52. The molecule has 2 fully saturated rings. The van der Waals surface area contributed by atoms with Gasteiger partial charge in [-0.15, -0.1) is 0 Å². The largest absolute Gasteiger partial charge is 0.454 e. The average molecular weight is 461 g/mol. The molecule has 1 N–H and O–H groups in total. The molecule has 6 rings (SSSR count). The first kappa shape index (κ1) is 21.3. The van der Waals surface area contributed by atoms with Crippen molar-refractivity contribution in [1.29, 1.82) is 0 Å². The van der Waals surface area contributed by atoms with E-state index in [1.165, 1.54) is 0 Å². The van der Waals surface area contributed by atoms with E-state index in [-0.39, 0.29) is 0 Å². The Labute approximate surface area is 197 Å². The zero-order chi connectivity index (χ0) is 22.7. The molecule has 0 bridgehead atoms. The molecule has 0 amide bonds. The summed E-state index contributed by atoms with van der Waals surface area (Å²) < 4.78 is 17.4. The van der Waals surface area contributed by atoms with Gasteiger partial charge in [0.1, 0.15) is 17.1 Å². The summed E-state index contributed by atoms with van der Waals surface area (Å²) >= 11 is 0. The molecule has 4 aromatic rings. The smallest absolute Gasteiger partial charge is 0.195 e. The number of H-pyrrole nitrogens is 1. The van der Waals surface area contributed by atoms with E-state index in [1.54, 1.807) is 0 Å². The number of morpholine rings is 2. The molecule has 0 unspecified atom stereocenters. The van der Waals surface area contributed by atoms with Crippen molar-refractivity contribution >= 4 is 16.9 Å². The summed E-state index contributed by atoms with van der Waals surface area (Å²) in [5, 5.41) is 7.64. The summed E-state index contributed by atoms with van der Waals surface area (Å²) in [5.74, 6) is 2.50. The van der Waals surface area contributed by atoms with Crippen molar-refractivity contribution in [2.24, 2.45) is 0 Å². The molecule has 0 aliphatic carbocycles. The number of hydrogen-bond donors (Lipinski definition) is 1. The Bertz CT molecular complexity index is 1240. The van der Waals surface area contributed by atoms with Crippen molar-refractivity contribution in [2.45, 2.75) is 13.0 Å². The van der Waals surface area contributed by atoms with Gasteiger partial charge in [-0.3, -0.25) is 10.00 Å². The molecule has 176 valence electrons. The number of aromatic nitrogens is 4. The van der Waals surface area contributed by atoms with Gasteiger partial charge in [0.25, 0.3) is 0 Å². The van der Waals surface area contributed by atoms with Gasteiger partial charge in [-0.1, -0.05) is 30.3 Å². The van der Waals surface area contributed by atoms with Crippen molar-refractivity contribution in [3.63, 3.8) is 0 Å². The molecule has 3 aromatic heterocycles. The van der Waals surface area contributed by atoms with Crippen LogP contribution < -0.4 is 4.90 Å². The minimum atomic E-state index is 0.567. The minimum absolute atomic E-state index is 0.567. The summed E-state index contributed by atoms with van der Waals surface area (Å²) in [6.07, 6.45) is 0.567. The molecule has 9 heteroatoms. The summed E-state index contributed by atoms with van der Waals surface area (Å²) in [6.45, 7) is 7.03. The Morgan fingerprint density at radius 3 is 2.44 bits per heavy atom. The maximum atomic E-state index is 6.31. The number of furan rings is 1. The second-order valence-corrected chi connectivity index (χ2v) is 8.70. The molecule has 5 heterocycles. The lowest BCUT2D eigenvalue weighted by Crippen LogP contribution is -2.37. The van der Waals surface area contributed by atoms with E-state index in [0.717, 1.165) is 91.4 Å². The zero-order valence-electron chi connectivity index (χ0n) is 19.1. The van der Waals surface area contributed by atoms with Gasteiger partial charge in [0.05, 0.1) is 38.7 Å². The fourth-order valence-corrected chi connectivity index (χ4v) is 4.52. The number of aromatic amines is 1. The highest BCUT2D eigenvalue weighted by molar-refractivity contribution is 5.84. The van der Waals surface area contributed by atoms with Crippen LogP contribution in [-0.2, 0) is 22.4 Å². The Hall–Kier alpha value is -3.27. The van der Waals surface area contributed by atoms with Gasteiger partial charge < -0.3 is 18.8 Å². The van der Waals surface area contributed by atoms with E-state index in [0.29, 0.717) is 19.6 Å². The van der Waals surface area contributed by atoms with Crippen molar-refractivity contribution in [1.82, 2.24) is 25.1 Å². The number of benzene rings is 1. The number of ether oxygens (including phenoxy) is 2. The van der Waals surface area contributed by atoms with Crippen LogP contribution in [-0.4, -0.2) is 77.7 Å². The number of rotatable bonds is 6. The van der Waals surface area contributed by atoms with Gasteiger partial charge in [0, 0.05) is 49.9 Å². The normalized spacial score (nSPS) is 17.5. The Kier molecular flexibility index (Phi) is 5.97. The van der Waals surface area contributed by atoms with Crippen LogP contribution in [0, 0.1) is 0 Å². The molecule has 1 aromatic carbocycles. The van der Waals surface area contributed by atoms with Crippen LogP contribution in [0.3, 0.4) is 0 Å². The summed E-state index contributed by atoms with van der Waals surface area (Å²) in [6, 6.07) is 14.3. The third-order valence-electron chi connectivity index (χ3n) is 6.29. The Balaban J connectivity index is 1.31. The fourth-order valence-electron chi connectivity index (χ4n) is 4.52. The predicted octanol–water partition coefficient (Wildman–Crippen LogP) is 2.87. The molecular weight excluding hydrogens is 432 g/mol. The lowest BCUT2D eigenvalue weighted by atomic mass is 10.1. The van der Waals surface area contributed by atoms with Crippen molar-refractivity contribution in [3.05, 3.63) is 59.7 Å². The number of anilines is 1. The third kappa shape index (κ3) is 4.54. The minimum Gasteiger partial charge on any atom is -0.454 e. The van der Waals surface area contributed by atoms with Crippen molar-refractivity contribution in [3.8, 4) is 11.3 Å². The molecule has 34 heavy (non-hydrogen) atoms. The highest BCUT2D eigenvalue weighted by Crippen LogP contribution is 2.29. The quantitative estimate of drug-likeness (QED) is 0.470. The van der Waals surface area contributed by atoms with Crippen LogP contribution in [0.2, 0.25) is 0 Å². The SMILES string of the molecule is c1ccc(-c2cc(Cc3nc(N4CCOCC4)c4oc(CN5CCOCC5)cc4n3)[nH]n2)cc1. The molecule has 2 aliphatic heterocycles. The Morgan fingerprint density at radius 2 is 1.65 bits per heavy atom. The number of fused-ring (bicyclic) bond motifs is 1. The van der Waals surface area contributed by atoms with Gasteiger partial charge in [0.2, 0.25) is 0 Å². The molecule has 2 saturated heterocycles. The summed E-state index contributed by atoms with van der Waals surface area (Å²) in [5.41, 5.74) is 4.57. The molecule has 2 aliphatic rings. The maximum absolute atomic E-state index is 6.31. The Morgan fingerprint density at radius 1 is 0.882 bits per heavy atom. The van der Waals surface area contributed by atoms with E-state index >= 15 is 0 Å². The van der Waals surface area contributed by atoms with Crippen LogP contribution in [0.15, 0.2) is 46.9 Å². The van der Waals surface area contributed by atoms with Crippen molar-refractivity contribution in [2.75, 3.05) is 57.5 Å². The number of hydrogen-bond acceptors (Lipinski definition) is 8. The van der Waals surface area contributed by atoms with Gasteiger partial charge in [-0.25, -0.2) is 9.97 Å². The standard InChI is InChI=1S/C25H28N6O3/c1-2-4-18(5-3-1)21-14-19(28-29-21)15-23-26-22-16-20(17-30-6-10-32-11-7-30)34-24(22)25(27-23)31-8-12-33-13-9-31/h1-5,14,16H,6-13,15,17H2,(H,28,29). The van der Waals surface area contributed by atoms with E-state index in [2.05, 4.69) is 44.3 Å². The summed E-state index contributed by atoms with van der Waals surface area (Å²) in [4.78, 5) is 14.4. The highest BCUT2D eigenvalue weighted by Gasteiger charge is 2.22. The number of nitrogens with one attached hydrogen (secondary N) is 1. The number of nitrogens with zero attached hydrogens (tertiary/aromatic N) is 5. The summed E-state index contributed by atoms with van der Waals surface area (Å²) in [7, 11) is 0. The van der Waals surface area contributed by atoms with Crippen molar-refractivity contribution < 1.29 is 13.9 Å². The van der Waals surface area contributed by atoms with E-state index in [1.807, 2.05) is 18.2 Å². The van der Waals surface area contributed by atoms with E-state index in [9.17, 15) is 0 Å². The van der Waals surface area contributed by atoms with Crippen LogP contribution in [0.1, 0.15) is 17.3 Å². The lowest BCUT2D eigenvalue weighted by Gasteiger charge is -2.28. The second-order valence-electron chi connectivity index (χ2n) is 8.70. The van der Waals surface area contributed by atoms with Crippen LogP contribution in [0.5, 0.6) is 0 Å². The van der Waals surface area contributed by atoms with Gasteiger partial charge in [-0.2, -0.15) is 5.10 Å². The molecular formula is C25H28N6O3. The van der Waals surface area contributed by atoms with Gasteiger partial charge in [-0.05, 0) is 6.07 Å². The highest BCUT2D eigenvalue weighted by atomic mass is 16.5. The third-order valence-corrected chi connectivity index (χ3v) is 6.29. The first-order valence-electron chi connectivity index (χ1n) is 11.8. The monoisotopic (exact) mass is 460 g/mol. The van der Waals surface area contributed by atoms with Crippen LogP contribution in [0.4, 0.5) is 5.82 Å². The van der Waals surface area contributed by atoms with E-state index in [4.69, 9.17) is 23.9 Å². The molecule has 0 saturated carbocycles. The van der Waals surface area contributed by atoms with Crippen LogP contribution >= 0.6 is 0 Å². The first-order chi connectivity index (χ1) is 16.8. The van der Waals surface area contributed by atoms with Crippen LogP contribution in [0.25, 0.3) is 22.4 Å². The van der Waals surface area contributed by atoms with Gasteiger partial charge >= 0.3 is 0 Å². The predicted molar refractivity (Wildman–Crippen MR) is 128 cm³/mol. The lowest BCUT2D eigenvalue weighted by molar-refractivity contribution is 0.0315. The van der Waals surface area contributed by atoms with E-state index < -0.39 is 0 Å². The zero-order valence-corrected chi connectivity index (χ0v) is 19.1. The topological polar surface area (TPSA) is 92.5 Å². The molecule has 0 radical (unpaired) electrons. The molecule has 0 spiro atoms. The second kappa shape index (κ2) is 9.54. The molecule has 9 nitrogen and oxygen atoms in total. The molecule has 0 atom stereocenters. The fraction of sp³-hybridized carbons (Fsp3) is 0.400. The van der Waals surface area contributed by atoms with Gasteiger partial charge in [0.15, 0.2) is 11.4 Å².